The van der Waals surface area contributed by atoms with Crippen LogP contribution in [-0.2, 0) is 17.1 Å². The van der Waals surface area contributed by atoms with Crippen LogP contribution in [-0.4, -0.2) is 18.9 Å². The second kappa shape index (κ2) is 9.70. The lowest BCUT2D eigenvalue weighted by Crippen LogP contribution is -2.13. The molecule has 1 N–H and O–H groups in total. The number of cyclic esters (lactones) is 1. The molecule has 0 bridgehead atoms. The Hall–Kier alpha value is -1.58. The average molecular weight is 657 g/mol. The van der Waals surface area contributed by atoms with Crippen LogP contribution in [0.2, 0.25) is 0 Å². The molecule has 1 aliphatic heterocycles. The third kappa shape index (κ3) is 6.46. The lowest BCUT2D eigenvalue weighted by Gasteiger charge is -2.13. The van der Waals surface area contributed by atoms with Crippen LogP contribution in [0.25, 0.3) is 0 Å². The fraction of sp³-hybridized carbons (Fsp3) is 0.222. The van der Waals surface area contributed by atoms with Gasteiger partial charge in [0.2, 0.25) is 0 Å². The van der Waals surface area contributed by atoms with Crippen molar-refractivity contribution in [2.75, 3.05) is 6.54 Å². The number of carbonyl (C=O) groups excluding carboxylic acids is 2. The molecule has 0 aliphatic carbocycles. The van der Waals surface area contributed by atoms with Crippen molar-refractivity contribution in [2.24, 2.45) is 0 Å². The summed E-state index contributed by atoms with van der Waals surface area (Å²) in [6.45, 7) is 0.191. The summed E-state index contributed by atoms with van der Waals surface area (Å²) in [6.07, 6.45) is -9.63. The van der Waals surface area contributed by atoms with Crippen molar-refractivity contribution in [3.05, 3.63) is 65.8 Å². The van der Waals surface area contributed by atoms with Crippen molar-refractivity contribution < 1.29 is 40.7 Å². The summed E-state index contributed by atoms with van der Waals surface area (Å²) in [7, 11) is 0. The standard InChI is InChI=1S/C10H7F3INO2.C8H4F3IO/c11-10(12,13)5-1-2-7(14)6(3-5)8-4-15-9(16)17-8;9-8(10,11)6-1-2-7(12)5(3-6)4-13/h1-3,8H,4H2,(H,15,16);1-4H. The molecule has 30 heavy (non-hydrogen) atoms. The first-order valence-electron chi connectivity index (χ1n) is 7.96. The highest BCUT2D eigenvalue weighted by Gasteiger charge is 2.33. The van der Waals surface area contributed by atoms with Gasteiger partial charge in [-0.15, -0.1) is 0 Å². The van der Waals surface area contributed by atoms with E-state index in [1.165, 1.54) is 12.1 Å². The Bertz CT molecular complexity index is 946. The lowest BCUT2D eigenvalue weighted by atomic mass is 10.1. The Kier molecular flexibility index (Phi) is 7.98. The molecule has 4 nitrogen and oxygen atoms in total. The second-order valence-corrected chi connectivity index (χ2v) is 8.19. The molecule has 1 heterocycles. The highest BCUT2D eigenvalue weighted by atomic mass is 127. The van der Waals surface area contributed by atoms with Crippen LogP contribution in [0.3, 0.4) is 0 Å². The summed E-state index contributed by atoms with van der Waals surface area (Å²) in [5.41, 5.74) is -1.10. The summed E-state index contributed by atoms with van der Waals surface area (Å²) < 4.78 is 80.0. The molecule has 0 radical (unpaired) electrons. The van der Waals surface area contributed by atoms with Crippen molar-refractivity contribution >= 4 is 57.6 Å². The maximum Gasteiger partial charge on any atom is 0.416 e. The van der Waals surface area contributed by atoms with Gasteiger partial charge in [0, 0.05) is 18.3 Å². The van der Waals surface area contributed by atoms with Gasteiger partial charge in [0.05, 0.1) is 17.7 Å². The number of rotatable bonds is 2. The fourth-order valence-corrected chi connectivity index (χ4v) is 3.48. The molecule has 1 unspecified atom stereocenters. The van der Waals surface area contributed by atoms with Gasteiger partial charge in [0.1, 0.15) is 6.10 Å². The smallest absolute Gasteiger partial charge is 0.416 e. The zero-order valence-electron chi connectivity index (χ0n) is 14.6. The molecule has 3 rings (SSSR count). The summed E-state index contributed by atoms with van der Waals surface area (Å²) in [4.78, 5) is 21.2. The normalized spacial score (nSPS) is 16.3. The number of carbonyl (C=O) groups is 2. The fourth-order valence-electron chi connectivity index (χ4n) is 2.34. The van der Waals surface area contributed by atoms with Crippen molar-refractivity contribution in [1.82, 2.24) is 5.32 Å². The van der Waals surface area contributed by atoms with Crippen molar-refractivity contribution in [2.45, 2.75) is 18.5 Å². The van der Waals surface area contributed by atoms with Gasteiger partial charge in [-0.05, 0) is 81.6 Å². The Morgan fingerprint density at radius 1 is 0.933 bits per heavy atom. The molecule has 1 aliphatic rings. The number of alkyl carbamates (subject to hydrolysis) is 1. The molecular weight excluding hydrogens is 646 g/mol. The largest absolute Gasteiger partial charge is 0.439 e. The van der Waals surface area contributed by atoms with E-state index in [4.69, 9.17) is 4.74 Å². The Morgan fingerprint density at radius 2 is 1.47 bits per heavy atom. The van der Waals surface area contributed by atoms with Crippen molar-refractivity contribution in [3.63, 3.8) is 0 Å². The Labute approximate surface area is 193 Å². The van der Waals surface area contributed by atoms with Crippen molar-refractivity contribution in [3.8, 4) is 0 Å². The van der Waals surface area contributed by atoms with E-state index in [2.05, 4.69) is 5.32 Å². The van der Waals surface area contributed by atoms with Gasteiger partial charge >= 0.3 is 18.4 Å². The predicted octanol–water partition coefficient (Wildman–Crippen LogP) is 6.21. The lowest BCUT2D eigenvalue weighted by molar-refractivity contribution is -0.138. The number of amides is 1. The average Bonchev–Trinajstić information content (AvgIpc) is 3.07. The SMILES string of the molecule is O=C1NCC(c2cc(C(F)(F)F)ccc2I)O1.O=Cc1cc(C(F)(F)F)ccc1I. The summed E-state index contributed by atoms with van der Waals surface area (Å²) >= 11 is 3.72. The monoisotopic (exact) mass is 657 g/mol. The quantitative estimate of drug-likeness (QED) is 0.238. The molecule has 162 valence electrons. The van der Waals surface area contributed by atoms with Gasteiger partial charge in [-0.3, -0.25) is 4.79 Å². The van der Waals surface area contributed by atoms with Gasteiger partial charge in [-0.2, -0.15) is 26.3 Å². The number of ether oxygens (including phenoxy) is 1. The summed E-state index contributed by atoms with van der Waals surface area (Å²) in [6, 6.07) is 6.46. The van der Waals surface area contributed by atoms with Gasteiger partial charge in [0.25, 0.3) is 0 Å². The highest BCUT2D eigenvalue weighted by Crippen LogP contribution is 2.34. The minimum absolute atomic E-state index is 0.0652. The first kappa shape index (κ1) is 24.7. The van der Waals surface area contributed by atoms with Crippen LogP contribution < -0.4 is 5.32 Å². The summed E-state index contributed by atoms with van der Waals surface area (Å²) in [5, 5.41) is 2.41. The van der Waals surface area contributed by atoms with Crippen LogP contribution in [0.4, 0.5) is 31.1 Å². The Balaban J connectivity index is 0.000000222. The molecule has 1 fully saturated rings. The summed E-state index contributed by atoms with van der Waals surface area (Å²) in [5.74, 6) is 0. The number of hydrogen-bond donors (Lipinski definition) is 1. The number of nitrogens with one attached hydrogen (secondary N) is 1. The maximum atomic E-state index is 12.5. The van der Waals surface area contributed by atoms with Crippen LogP contribution in [0.5, 0.6) is 0 Å². The van der Waals surface area contributed by atoms with E-state index < -0.39 is 35.7 Å². The molecule has 0 saturated carbocycles. The number of halogens is 8. The van der Waals surface area contributed by atoms with E-state index in [-0.39, 0.29) is 12.1 Å². The van der Waals surface area contributed by atoms with Crippen LogP contribution >= 0.6 is 45.2 Å². The van der Waals surface area contributed by atoms with E-state index in [1.807, 2.05) is 22.6 Å². The van der Waals surface area contributed by atoms with Gasteiger partial charge in [-0.1, -0.05) is 0 Å². The molecule has 0 spiro atoms. The molecule has 2 aromatic carbocycles. The first-order valence-corrected chi connectivity index (χ1v) is 10.1. The second-order valence-electron chi connectivity index (χ2n) is 5.86. The molecule has 1 saturated heterocycles. The molecule has 12 heteroatoms. The van der Waals surface area contributed by atoms with E-state index in [0.29, 0.717) is 19.0 Å². The third-order valence-electron chi connectivity index (χ3n) is 3.80. The molecule has 2 aromatic rings. The molecule has 0 aromatic heterocycles. The molecule has 1 amide bonds. The molecular formula is C18H11F6I2NO3. The highest BCUT2D eigenvalue weighted by molar-refractivity contribution is 14.1. The minimum atomic E-state index is -4.39. The first-order chi connectivity index (χ1) is 13.8. The van der Waals surface area contributed by atoms with E-state index in [9.17, 15) is 35.9 Å². The van der Waals surface area contributed by atoms with E-state index in [1.54, 1.807) is 22.6 Å². The number of alkyl halides is 6. The van der Waals surface area contributed by atoms with Crippen molar-refractivity contribution in [1.29, 1.82) is 0 Å². The minimum Gasteiger partial charge on any atom is -0.439 e. The Morgan fingerprint density at radius 3 is 1.93 bits per heavy atom. The van der Waals surface area contributed by atoms with Gasteiger partial charge in [0.15, 0.2) is 6.29 Å². The maximum absolute atomic E-state index is 12.5. The van der Waals surface area contributed by atoms with E-state index >= 15 is 0 Å². The number of hydrogen-bond acceptors (Lipinski definition) is 3. The van der Waals surface area contributed by atoms with Gasteiger partial charge in [-0.25, -0.2) is 4.79 Å². The van der Waals surface area contributed by atoms with E-state index in [0.717, 1.165) is 24.3 Å². The van der Waals surface area contributed by atoms with Gasteiger partial charge < -0.3 is 10.1 Å². The van der Waals surface area contributed by atoms with Crippen LogP contribution in [0, 0.1) is 7.14 Å². The number of benzene rings is 2. The zero-order chi connectivity index (χ0) is 22.7. The molecule has 1 atom stereocenters. The topological polar surface area (TPSA) is 55.4 Å². The van der Waals surface area contributed by atoms with Crippen LogP contribution in [0.15, 0.2) is 36.4 Å². The zero-order valence-corrected chi connectivity index (χ0v) is 18.9. The number of aldehydes is 1. The van der Waals surface area contributed by atoms with Crippen LogP contribution in [0.1, 0.15) is 33.2 Å². The third-order valence-corrected chi connectivity index (χ3v) is 5.77. The predicted molar refractivity (Wildman–Crippen MR) is 111 cm³/mol.